The number of benzene rings is 1. The lowest BCUT2D eigenvalue weighted by Crippen LogP contribution is -2.60. The molecule has 4 atom stereocenters. The number of ketones is 2. The number of nitrogens with two attached hydrogens (primary N) is 1. The van der Waals surface area contributed by atoms with Gasteiger partial charge < -0.3 is 31.1 Å². The van der Waals surface area contributed by atoms with Gasteiger partial charge in [-0.05, 0) is 72.0 Å². The van der Waals surface area contributed by atoms with Crippen LogP contribution in [0.1, 0.15) is 28.8 Å². The fourth-order valence-electron chi connectivity index (χ4n) is 5.68. The molecule has 1 amide bonds. The van der Waals surface area contributed by atoms with Crippen molar-refractivity contribution >= 4 is 33.4 Å². The molecule has 11 heteroatoms. The molecule has 0 saturated heterocycles. The average molecular weight is 574 g/mol. The Hall–Kier alpha value is -3.12. The summed E-state index contributed by atoms with van der Waals surface area (Å²) in [5.41, 5.74) is 4.26. The van der Waals surface area contributed by atoms with Crippen molar-refractivity contribution in [2.75, 3.05) is 20.7 Å². The van der Waals surface area contributed by atoms with E-state index in [9.17, 15) is 34.8 Å². The van der Waals surface area contributed by atoms with Gasteiger partial charge in [0.2, 0.25) is 5.91 Å². The van der Waals surface area contributed by atoms with Gasteiger partial charge in [-0.3, -0.25) is 19.4 Å². The number of carbonyl (C=O) groups is 3. The van der Waals surface area contributed by atoms with E-state index in [4.69, 9.17) is 5.73 Å². The molecule has 0 saturated carbocycles. The molecule has 6 N–H and O–H groups in total. The van der Waals surface area contributed by atoms with Crippen molar-refractivity contribution in [2.45, 2.75) is 30.9 Å². The summed E-state index contributed by atoms with van der Waals surface area (Å²) < 4.78 is 0.722. The molecule has 37 heavy (non-hydrogen) atoms. The van der Waals surface area contributed by atoms with Gasteiger partial charge in [-0.25, -0.2) is 0 Å². The van der Waals surface area contributed by atoms with E-state index in [1.165, 1.54) is 6.07 Å². The van der Waals surface area contributed by atoms with Crippen LogP contribution in [0.5, 0.6) is 5.75 Å². The summed E-state index contributed by atoms with van der Waals surface area (Å²) in [4.78, 5) is 44.3. The van der Waals surface area contributed by atoms with Gasteiger partial charge >= 0.3 is 0 Å². The number of aliphatic hydroxyl groups is 3. The van der Waals surface area contributed by atoms with Crippen LogP contribution in [-0.4, -0.2) is 80.1 Å². The largest absolute Gasteiger partial charge is 0.508 e. The lowest BCUT2D eigenvalue weighted by molar-refractivity contribution is -0.151. The van der Waals surface area contributed by atoms with E-state index in [2.05, 4.69) is 20.9 Å². The second-order valence-corrected chi connectivity index (χ2v) is 10.7. The standard InChI is InChI=1S/C26H28BrN3O7/c1-30(2)18(11-31)17-7-12-6-16-15(13-5-14(27)10-29-9-13)3-4-19(32)23(16)24(35)22(12)25(36)26(17,37)20(33)8-21(28)34/h3-5,9-10,12,17-18,31-32,36-37H,6-8,11H2,1-2H3,(H2,28,34)/t12-,17-,18+,26+/m0/s1. The van der Waals surface area contributed by atoms with E-state index in [0.29, 0.717) is 16.7 Å². The molecule has 2 aliphatic carbocycles. The van der Waals surface area contributed by atoms with Crippen molar-refractivity contribution in [3.63, 3.8) is 0 Å². The maximum absolute atomic E-state index is 13.8. The second kappa shape index (κ2) is 9.97. The minimum absolute atomic E-state index is 0.0373. The lowest BCUT2D eigenvalue weighted by atomic mass is 9.61. The summed E-state index contributed by atoms with van der Waals surface area (Å²) in [5, 5.41) is 43.8. The number of amides is 1. The zero-order valence-corrected chi connectivity index (χ0v) is 21.9. The van der Waals surface area contributed by atoms with Crippen LogP contribution < -0.4 is 5.73 Å². The summed E-state index contributed by atoms with van der Waals surface area (Å²) in [6, 6.07) is 4.09. The van der Waals surface area contributed by atoms with Gasteiger partial charge in [-0.1, -0.05) is 6.07 Å². The summed E-state index contributed by atoms with van der Waals surface area (Å²) >= 11 is 3.39. The Labute approximate surface area is 221 Å². The number of primary amides is 1. The predicted octanol–water partition coefficient (Wildman–Crippen LogP) is 1.50. The van der Waals surface area contributed by atoms with Crippen molar-refractivity contribution in [1.82, 2.24) is 9.88 Å². The van der Waals surface area contributed by atoms with Crippen LogP contribution in [0.4, 0.5) is 0 Å². The van der Waals surface area contributed by atoms with E-state index in [1.807, 2.05) is 6.07 Å². The molecule has 2 aromatic rings. The highest BCUT2D eigenvalue weighted by atomic mass is 79.9. The first-order chi connectivity index (χ1) is 17.4. The summed E-state index contributed by atoms with van der Waals surface area (Å²) in [6.45, 7) is -0.459. The van der Waals surface area contributed by atoms with E-state index in [1.54, 1.807) is 37.5 Å². The molecule has 1 aromatic heterocycles. The van der Waals surface area contributed by atoms with Gasteiger partial charge in [0, 0.05) is 40.0 Å². The number of nitrogens with zero attached hydrogens (tertiary/aromatic N) is 2. The highest BCUT2D eigenvalue weighted by molar-refractivity contribution is 9.10. The number of allylic oxidation sites excluding steroid dienone is 1. The van der Waals surface area contributed by atoms with Gasteiger partial charge in [0.05, 0.1) is 18.6 Å². The lowest BCUT2D eigenvalue weighted by Gasteiger charge is -2.47. The number of Topliss-reactive ketones (excluding diaryl/α,β-unsaturated/α-hetero) is 2. The number of hydrogen-bond acceptors (Lipinski definition) is 9. The van der Waals surface area contributed by atoms with Crippen molar-refractivity contribution in [1.29, 1.82) is 0 Å². The van der Waals surface area contributed by atoms with Gasteiger partial charge in [-0.2, -0.15) is 0 Å². The molecule has 1 heterocycles. The molecule has 4 rings (SSSR count). The smallest absolute Gasteiger partial charge is 0.225 e. The van der Waals surface area contributed by atoms with E-state index >= 15 is 0 Å². The molecule has 196 valence electrons. The summed E-state index contributed by atoms with van der Waals surface area (Å²) in [5.74, 6) is -5.67. The third-order valence-corrected chi connectivity index (χ3v) is 7.84. The number of likely N-dealkylation sites (N-methyl/N-ethyl adjacent to an activating group) is 1. The maximum atomic E-state index is 13.8. The number of fused-ring (bicyclic) bond motifs is 2. The third kappa shape index (κ3) is 4.46. The van der Waals surface area contributed by atoms with Crippen LogP contribution in [0, 0.1) is 11.8 Å². The maximum Gasteiger partial charge on any atom is 0.225 e. The Morgan fingerprint density at radius 1 is 1.27 bits per heavy atom. The van der Waals surface area contributed by atoms with Crippen LogP contribution in [0.2, 0.25) is 0 Å². The van der Waals surface area contributed by atoms with Crippen molar-refractivity contribution < 1.29 is 34.8 Å². The number of phenols is 1. The highest BCUT2D eigenvalue weighted by Gasteiger charge is 2.58. The Morgan fingerprint density at radius 3 is 2.57 bits per heavy atom. The Bertz CT molecular complexity index is 1330. The van der Waals surface area contributed by atoms with Gasteiger partial charge in [0.25, 0.3) is 0 Å². The van der Waals surface area contributed by atoms with Crippen molar-refractivity contribution in [3.8, 4) is 16.9 Å². The first kappa shape index (κ1) is 26.9. The number of phenolic OH excluding ortho intramolecular Hbond substituents is 1. The average Bonchev–Trinajstić information content (AvgIpc) is 2.81. The number of rotatable bonds is 7. The van der Waals surface area contributed by atoms with E-state index < -0.39 is 59.7 Å². The number of aliphatic hydroxyl groups excluding tert-OH is 2. The minimum Gasteiger partial charge on any atom is -0.508 e. The van der Waals surface area contributed by atoms with Crippen LogP contribution in [0.15, 0.2) is 46.4 Å². The molecule has 2 aliphatic rings. The number of aromatic hydroxyl groups is 1. The minimum atomic E-state index is -2.63. The number of carbonyl (C=O) groups excluding carboxylic acids is 3. The zero-order chi connectivity index (χ0) is 27.2. The van der Waals surface area contributed by atoms with Crippen LogP contribution in [-0.2, 0) is 16.0 Å². The molecule has 0 spiro atoms. The molecule has 0 bridgehead atoms. The Balaban J connectivity index is 1.94. The van der Waals surface area contributed by atoms with Gasteiger partial charge in [0.1, 0.15) is 11.5 Å². The molecule has 0 radical (unpaired) electrons. The number of halogens is 1. The molecule has 0 aliphatic heterocycles. The monoisotopic (exact) mass is 573 g/mol. The zero-order valence-electron chi connectivity index (χ0n) is 20.3. The SMILES string of the molecule is CN(C)[C@H](CO)[C@@H]1C[C@@H]2Cc3c(-c4cncc(Br)c4)ccc(O)c3C(=O)C2=C(O)[C@]1(O)C(=O)CC(N)=O. The summed E-state index contributed by atoms with van der Waals surface area (Å²) in [6.07, 6.45) is 2.63. The predicted molar refractivity (Wildman–Crippen MR) is 137 cm³/mol. The first-order valence-electron chi connectivity index (χ1n) is 11.7. The molecule has 1 aromatic carbocycles. The highest BCUT2D eigenvalue weighted by Crippen LogP contribution is 2.50. The van der Waals surface area contributed by atoms with Crippen molar-refractivity contribution in [2.24, 2.45) is 17.6 Å². The molecule has 10 nitrogen and oxygen atoms in total. The second-order valence-electron chi connectivity index (χ2n) is 9.76. The van der Waals surface area contributed by atoms with Crippen LogP contribution in [0.3, 0.4) is 0 Å². The fraction of sp³-hybridized carbons (Fsp3) is 0.385. The number of aromatic nitrogens is 1. The van der Waals surface area contributed by atoms with Crippen molar-refractivity contribution in [3.05, 3.63) is 57.5 Å². The molecular weight excluding hydrogens is 546 g/mol. The van der Waals surface area contributed by atoms with E-state index in [-0.39, 0.29) is 29.7 Å². The first-order valence-corrected chi connectivity index (χ1v) is 12.5. The normalized spacial score (nSPS) is 24.0. The van der Waals surface area contributed by atoms with E-state index in [0.717, 1.165) is 4.47 Å². The topological polar surface area (TPSA) is 174 Å². The number of pyridine rings is 1. The third-order valence-electron chi connectivity index (χ3n) is 7.40. The Morgan fingerprint density at radius 2 is 1.97 bits per heavy atom. The van der Waals surface area contributed by atoms with Gasteiger partial charge in [-0.15, -0.1) is 0 Å². The molecular formula is C26H28BrN3O7. The quantitative estimate of drug-likeness (QED) is 0.307. The van der Waals surface area contributed by atoms with Crippen LogP contribution in [0.25, 0.3) is 11.1 Å². The number of hydrogen-bond donors (Lipinski definition) is 5. The van der Waals surface area contributed by atoms with Gasteiger partial charge in [0.15, 0.2) is 17.2 Å². The molecule has 0 fully saturated rings. The molecule has 0 unspecified atom stereocenters. The van der Waals surface area contributed by atoms with Crippen LogP contribution >= 0.6 is 15.9 Å². The fourth-order valence-corrected chi connectivity index (χ4v) is 6.04. The summed E-state index contributed by atoms with van der Waals surface area (Å²) in [7, 11) is 3.29. The Kier molecular flexibility index (Phi) is 7.26.